The highest BCUT2D eigenvalue weighted by molar-refractivity contribution is 7.99. The number of aromatic nitrogens is 2. The first kappa shape index (κ1) is 20.6. The zero-order valence-corrected chi connectivity index (χ0v) is 18.7. The van der Waals surface area contributed by atoms with Gasteiger partial charge in [-0.1, -0.05) is 53.8 Å². The molecule has 0 atom stereocenters. The number of hydrogen-bond donors (Lipinski definition) is 0. The van der Waals surface area contributed by atoms with Crippen LogP contribution in [0.15, 0.2) is 67.0 Å². The molecule has 4 rings (SSSR count). The number of carbonyl (C=O) groups excluding carboxylic acids is 1. The van der Waals surface area contributed by atoms with Crippen LogP contribution in [-0.4, -0.2) is 21.6 Å². The number of pyridine rings is 1. The van der Waals surface area contributed by atoms with Crippen LogP contribution >= 0.6 is 23.1 Å². The molecule has 0 fully saturated rings. The fourth-order valence-electron chi connectivity index (χ4n) is 3.17. The van der Waals surface area contributed by atoms with Crippen molar-refractivity contribution in [2.75, 3.05) is 10.7 Å². The third-order valence-electron chi connectivity index (χ3n) is 5.01. The van der Waals surface area contributed by atoms with Gasteiger partial charge in [-0.05, 0) is 48.2 Å². The van der Waals surface area contributed by atoms with E-state index in [9.17, 15) is 4.79 Å². The molecule has 0 aliphatic heterocycles. The molecule has 2 aromatic carbocycles. The van der Waals surface area contributed by atoms with Crippen LogP contribution in [0.2, 0.25) is 0 Å². The number of thioether (sulfide) groups is 1. The minimum Gasteiger partial charge on any atom is -0.283 e. The summed E-state index contributed by atoms with van der Waals surface area (Å²) in [5.41, 5.74) is 5.58. The van der Waals surface area contributed by atoms with Gasteiger partial charge in [0, 0.05) is 18.1 Å². The number of amides is 1. The van der Waals surface area contributed by atoms with Gasteiger partial charge in [0.25, 0.3) is 0 Å². The Morgan fingerprint density at radius 1 is 1.03 bits per heavy atom. The Morgan fingerprint density at radius 3 is 2.60 bits per heavy atom. The van der Waals surface area contributed by atoms with Crippen LogP contribution in [0.4, 0.5) is 5.13 Å². The van der Waals surface area contributed by atoms with E-state index in [1.165, 1.54) is 16.7 Å². The molecule has 0 N–H and O–H groups in total. The predicted octanol–water partition coefficient (Wildman–Crippen LogP) is 5.77. The molecule has 30 heavy (non-hydrogen) atoms. The monoisotopic (exact) mass is 433 g/mol. The summed E-state index contributed by atoms with van der Waals surface area (Å²) in [5, 5.41) is 0.743. The maximum absolute atomic E-state index is 13.2. The molecular formula is C24H23N3OS2. The lowest BCUT2D eigenvalue weighted by molar-refractivity contribution is -0.116. The highest BCUT2D eigenvalue weighted by Crippen LogP contribution is 2.33. The van der Waals surface area contributed by atoms with Gasteiger partial charge in [0.2, 0.25) is 5.91 Å². The first-order valence-electron chi connectivity index (χ1n) is 9.79. The molecule has 4 nitrogen and oxygen atoms in total. The summed E-state index contributed by atoms with van der Waals surface area (Å²) in [6, 6.07) is 18.3. The molecule has 2 aromatic heterocycles. The van der Waals surface area contributed by atoms with Crippen molar-refractivity contribution in [2.24, 2.45) is 0 Å². The fourth-order valence-corrected chi connectivity index (χ4v) is 5.08. The normalized spacial score (nSPS) is 11.0. The maximum Gasteiger partial charge on any atom is 0.239 e. The van der Waals surface area contributed by atoms with E-state index in [-0.39, 0.29) is 5.91 Å². The summed E-state index contributed by atoms with van der Waals surface area (Å²) < 4.78 is 1.11. The molecule has 0 saturated carbocycles. The number of rotatable bonds is 7. The van der Waals surface area contributed by atoms with Gasteiger partial charge >= 0.3 is 0 Å². The Kier molecular flexibility index (Phi) is 6.45. The Labute approximate surface area is 185 Å². The van der Waals surface area contributed by atoms with Gasteiger partial charge in [0.15, 0.2) is 5.13 Å². The molecule has 6 heteroatoms. The van der Waals surface area contributed by atoms with Gasteiger partial charge in [-0.25, -0.2) is 4.98 Å². The average Bonchev–Trinajstić information content (AvgIpc) is 3.21. The highest BCUT2D eigenvalue weighted by Gasteiger charge is 2.21. The number of carbonyl (C=O) groups is 1. The maximum atomic E-state index is 13.2. The Balaban J connectivity index is 1.57. The molecule has 4 aromatic rings. The number of aryl methyl sites for hydroxylation is 2. The van der Waals surface area contributed by atoms with Crippen LogP contribution in [0.3, 0.4) is 0 Å². The summed E-state index contributed by atoms with van der Waals surface area (Å²) in [4.78, 5) is 24.1. The van der Waals surface area contributed by atoms with Crippen LogP contribution in [-0.2, 0) is 17.1 Å². The fraction of sp³-hybridized carbons (Fsp3) is 0.208. The molecule has 152 valence electrons. The second kappa shape index (κ2) is 9.41. The standard InChI is InChI=1S/C24H23N3OS2/c1-17-10-11-21-23(18(17)2)26-24(30-21)27(14-20-9-6-12-25-13-20)22(28)16-29-15-19-7-4-3-5-8-19/h3-13H,14-16H2,1-2H3. The third-order valence-corrected chi connectivity index (χ3v) is 7.04. The van der Waals surface area contributed by atoms with Crippen LogP contribution in [0.25, 0.3) is 10.2 Å². The first-order valence-corrected chi connectivity index (χ1v) is 11.8. The zero-order valence-electron chi connectivity index (χ0n) is 17.0. The van der Waals surface area contributed by atoms with Crippen molar-refractivity contribution >= 4 is 44.4 Å². The number of fused-ring (bicyclic) bond motifs is 1. The van der Waals surface area contributed by atoms with Crippen molar-refractivity contribution < 1.29 is 4.79 Å². The van der Waals surface area contributed by atoms with Crippen LogP contribution in [0, 0.1) is 13.8 Å². The minimum absolute atomic E-state index is 0.0632. The van der Waals surface area contributed by atoms with Crippen molar-refractivity contribution in [3.8, 4) is 0 Å². The number of thiazole rings is 1. The third kappa shape index (κ3) is 4.71. The first-order chi connectivity index (χ1) is 14.6. The van der Waals surface area contributed by atoms with E-state index in [1.807, 2.05) is 30.3 Å². The molecule has 0 aliphatic rings. The molecule has 2 heterocycles. The van der Waals surface area contributed by atoms with Crippen molar-refractivity contribution in [2.45, 2.75) is 26.1 Å². The second-order valence-electron chi connectivity index (χ2n) is 7.17. The molecule has 0 aliphatic carbocycles. The largest absolute Gasteiger partial charge is 0.283 e. The SMILES string of the molecule is Cc1ccc2sc(N(Cc3cccnc3)C(=O)CSCc3ccccc3)nc2c1C. The molecule has 0 radical (unpaired) electrons. The number of benzene rings is 2. The quantitative estimate of drug-likeness (QED) is 0.371. The smallest absolute Gasteiger partial charge is 0.239 e. The topological polar surface area (TPSA) is 46.1 Å². The second-order valence-corrected chi connectivity index (χ2v) is 9.16. The van der Waals surface area contributed by atoms with Crippen molar-refractivity contribution in [1.82, 2.24) is 9.97 Å². The van der Waals surface area contributed by atoms with Crippen LogP contribution in [0.5, 0.6) is 0 Å². The van der Waals surface area contributed by atoms with Gasteiger partial charge < -0.3 is 0 Å². The van der Waals surface area contributed by atoms with Gasteiger partial charge in [-0.15, -0.1) is 11.8 Å². The number of anilines is 1. The van der Waals surface area contributed by atoms with Crippen molar-refractivity contribution in [3.05, 3.63) is 89.2 Å². The lowest BCUT2D eigenvalue weighted by Crippen LogP contribution is -2.32. The zero-order chi connectivity index (χ0) is 20.9. The van der Waals surface area contributed by atoms with Gasteiger partial charge in [-0.2, -0.15) is 0 Å². The Bertz CT molecular complexity index is 1140. The summed E-state index contributed by atoms with van der Waals surface area (Å²) >= 11 is 3.20. The van der Waals surface area contributed by atoms with Crippen LogP contribution < -0.4 is 4.90 Å². The van der Waals surface area contributed by atoms with E-state index < -0.39 is 0 Å². The molecule has 0 bridgehead atoms. The number of nitrogens with zero attached hydrogens (tertiary/aromatic N) is 3. The summed E-state index contributed by atoms with van der Waals surface area (Å²) in [6.45, 7) is 4.65. The molecule has 0 unspecified atom stereocenters. The summed E-state index contributed by atoms with van der Waals surface area (Å²) in [7, 11) is 0. The summed E-state index contributed by atoms with van der Waals surface area (Å²) in [6.07, 6.45) is 3.55. The lowest BCUT2D eigenvalue weighted by atomic mass is 10.1. The lowest BCUT2D eigenvalue weighted by Gasteiger charge is -2.19. The van der Waals surface area contributed by atoms with E-state index in [4.69, 9.17) is 4.98 Å². The Morgan fingerprint density at radius 2 is 1.83 bits per heavy atom. The van der Waals surface area contributed by atoms with E-state index in [2.05, 4.69) is 43.1 Å². The minimum atomic E-state index is 0.0632. The van der Waals surface area contributed by atoms with Gasteiger partial charge in [0.05, 0.1) is 22.5 Å². The molecule has 0 saturated heterocycles. The van der Waals surface area contributed by atoms with Crippen LogP contribution in [0.1, 0.15) is 22.3 Å². The average molecular weight is 434 g/mol. The van der Waals surface area contributed by atoms with Gasteiger partial charge in [0.1, 0.15) is 0 Å². The van der Waals surface area contributed by atoms with E-state index >= 15 is 0 Å². The van der Waals surface area contributed by atoms with E-state index in [1.54, 1.807) is 40.4 Å². The summed E-state index contributed by atoms with van der Waals surface area (Å²) in [5.74, 6) is 1.28. The van der Waals surface area contributed by atoms with Crippen molar-refractivity contribution in [1.29, 1.82) is 0 Å². The highest BCUT2D eigenvalue weighted by atomic mass is 32.2. The van der Waals surface area contributed by atoms with E-state index in [0.29, 0.717) is 12.3 Å². The predicted molar refractivity (Wildman–Crippen MR) is 127 cm³/mol. The number of hydrogen-bond acceptors (Lipinski definition) is 5. The van der Waals surface area contributed by atoms with Crippen molar-refractivity contribution in [3.63, 3.8) is 0 Å². The van der Waals surface area contributed by atoms with E-state index in [0.717, 1.165) is 26.7 Å². The molecule has 0 spiro atoms. The Hall–Kier alpha value is -2.70. The van der Waals surface area contributed by atoms with Gasteiger partial charge in [-0.3, -0.25) is 14.7 Å². The molecule has 1 amide bonds. The molecular weight excluding hydrogens is 410 g/mol.